The molecular weight excluding hydrogens is 202 g/mol. The van der Waals surface area contributed by atoms with Crippen LogP contribution in [0.2, 0.25) is 0 Å². The van der Waals surface area contributed by atoms with Crippen LogP contribution in [0.25, 0.3) is 0 Å². The maximum atomic E-state index is 9.37. The molecule has 0 aromatic rings. The number of aliphatic hydroxyl groups excluding tert-OH is 2. The lowest BCUT2D eigenvalue weighted by molar-refractivity contribution is 0.0751. The molecule has 0 aromatic carbocycles. The summed E-state index contributed by atoms with van der Waals surface area (Å²) in [5.74, 6) is 0.673. The monoisotopic (exact) mass is 229 g/mol. The van der Waals surface area contributed by atoms with E-state index in [1.807, 2.05) is 0 Å². The summed E-state index contributed by atoms with van der Waals surface area (Å²) in [4.78, 5) is 0. The zero-order chi connectivity index (χ0) is 12.2. The van der Waals surface area contributed by atoms with Crippen LogP contribution in [0.5, 0.6) is 0 Å². The summed E-state index contributed by atoms with van der Waals surface area (Å²) >= 11 is 0. The van der Waals surface area contributed by atoms with Crippen molar-refractivity contribution in [2.24, 2.45) is 11.3 Å². The molecule has 1 aliphatic carbocycles. The van der Waals surface area contributed by atoms with Crippen molar-refractivity contribution in [3.05, 3.63) is 0 Å². The van der Waals surface area contributed by atoms with Gasteiger partial charge in [-0.1, -0.05) is 33.6 Å². The molecule has 1 rings (SSSR count). The molecule has 16 heavy (non-hydrogen) atoms. The lowest BCUT2D eigenvalue weighted by Gasteiger charge is -2.41. The fraction of sp³-hybridized carbons (Fsp3) is 1.00. The number of hydrogen-bond donors (Lipinski definition) is 3. The summed E-state index contributed by atoms with van der Waals surface area (Å²) in [6, 6.07) is 0.495. The molecule has 0 radical (unpaired) electrons. The van der Waals surface area contributed by atoms with E-state index in [1.165, 1.54) is 25.7 Å². The summed E-state index contributed by atoms with van der Waals surface area (Å²) in [7, 11) is 0. The van der Waals surface area contributed by atoms with Gasteiger partial charge in [-0.2, -0.15) is 0 Å². The van der Waals surface area contributed by atoms with Crippen molar-refractivity contribution in [1.82, 2.24) is 5.32 Å². The average Bonchev–Trinajstić information content (AvgIpc) is 2.25. The Morgan fingerprint density at radius 3 is 2.44 bits per heavy atom. The van der Waals surface area contributed by atoms with Crippen LogP contribution in [0, 0.1) is 11.3 Å². The number of rotatable bonds is 4. The molecule has 3 atom stereocenters. The van der Waals surface area contributed by atoms with E-state index < -0.39 is 6.10 Å². The average molecular weight is 229 g/mol. The smallest absolute Gasteiger partial charge is 0.0895 e. The van der Waals surface area contributed by atoms with Crippen molar-refractivity contribution < 1.29 is 10.2 Å². The Labute approximate surface area is 99.3 Å². The third-order valence-electron chi connectivity index (χ3n) is 3.70. The molecule has 0 spiro atoms. The Hall–Kier alpha value is -0.120. The summed E-state index contributed by atoms with van der Waals surface area (Å²) < 4.78 is 0. The van der Waals surface area contributed by atoms with E-state index in [1.54, 1.807) is 0 Å². The lowest BCUT2D eigenvalue weighted by atomic mass is 9.69. The second kappa shape index (κ2) is 5.99. The molecule has 1 fully saturated rings. The third-order valence-corrected chi connectivity index (χ3v) is 3.70. The van der Waals surface area contributed by atoms with Crippen LogP contribution in [0.1, 0.15) is 46.5 Å². The van der Waals surface area contributed by atoms with Crippen molar-refractivity contribution in [1.29, 1.82) is 0 Å². The van der Waals surface area contributed by atoms with Crippen LogP contribution in [-0.2, 0) is 0 Å². The van der Waals surface area contributed by atoms with E-state index in [-0.39, 0.29) is 6.61 Å². The second-order valence-corrected chi connectivity index (χ2v) is 6.11. The van der Waals surface area contributed by atoms with E-state index in [9.17, 15) is 5.11 Å². The fourth-order valence-electron chi connectivity index (χ4n) is 2.76. The van der Waals surface area contributed by atoms with Gasteiger partial charge in [0.05, 0.1) is 12.7 Å². The molecule has 3 heteroatoms. The first kappa shape index (κ1) is 13.9. The summed E-state index contributed by atoms with van der Waals surface area (Å²) in [5.41, 5.74) is 0.322. The maximum Gasteiger partial charge on any atom is 0.0895 e. The Bertz CT molecular complexity index is 201. The first-order chi connectivity index (χ1) is 7.45. The third kappa shape index (κ3) is 4.04. The maximum absolute atomic E-state index is 9.37. The van der Waals surface area contributed by atoms with Crippen LogP contribution in [0.3, 0.4) is 0 Å². The minimum atomic E-state index is -0.623. The fourth-order valence-corrected chi connectivity index (χ4v) is 2.76. The summed E-state index contributed by atoms with van der Waals surface area (Å²) in [6.07, 6.45) is 4.45. The van der Waals surface area contributed by atoms with E-state index in [4.69, 9.17) is 5.11 Å². The quantitative estimate of drug-likeness (QED) is 0.685. The zero-order valence-electron chi connectivity index (χ0n) is 10.9. The van der Waals surface area contributed by atoms with Gasteiger partial charge in [0.1, 0.15) is 0 Å². The second-order valence-electron chi connectivity index (χ2n) is 6.11. The Morgan fingerprint density at radius 1 is 1.25 bits per heavy atom. The van der Waals surface area contributed by atoms with Crippen molar-refractivity contribution in [3.8, 4) is 0 Å². The first-order valence-electron chi connectivity index (χ1n) is 6.47. The normalized spacial score (nSPS) is 29.1. The van der Waals surface area contributed by atoms with Gasteiger partial charge in [0, 0.05) is 12.6 Å². The van der Waals surface area contributed by atoms with Gasteiger partial charge < -0.3 is 15.5 Å². The number of aliphatic hydroxyl groups is 2. The van der Waals surface area contributed by atoms with Crippen molar-refractivity contribution in [2.45, 2.75) is 58.6 Å². The van der Waals surface area contributed by atoms with Crippen molar-refractivity contribution in [2.75, 3.05) is 13.2 Å². The summed E-state index contributed by atoms with van der Waals surface area (Å²) in [6.45, 7) is 7.23. The van der Waals surface area contributed by atoms with Crippen molar-refractivity contribution >= 4 is 0 Å². The molecule has 3 unspecified atom stereocenters. The van der Waals surface area contributed by atoms with E-state index in [2.05, 4.69) is 26.1 Å². The highest BCUT2D eigenvalue weighted by Gasteiger charge is 2.33. The van der Waals surface area contributed by atoms with Crippen LogP contribution < -0.4 is 5.32 Å². The molecule has 3 nitrogen and oxygen atoms in total. The minimum Gasteiger partial charge on any atom is -0.394 e. The standard InChI is InChI=1S/C13H27NO2/c1-13(2,3)11-6-4-5-7-12(11)14-8-10(16)9-15/h10-12,14-16H,4-9H2,1-3H3. The summed E-state index contributed by atoms with van der Waals surface area (Å²) in [5, 5.41) is 21.6. The van der Waals surface area contributed by atoms with Gasteiger partial charge in [0.15, 0.2) is 0 Å². The predicted octanol–water partition coefficient (Wildman–Crippen LogP) is 1.53. The molecule has 3 N–H and O–H groups in total. The van der Waals surface area contributed by atoms with Crippen LogP contribution in [0.4, 0.5) is 0 Å². The van der Waals surface area contributed by atoms with Gasteiger partial charge >= 0.3 is 0 Å². The van der Waals surface area contributed by atoms with Gasteiger partial charge in [0.2, 0.25) is 0 Å². The molecular formula is C13H27NO2. The van der Waals surface area contributed by atoms with Gasteiger partial charge in [-0.15, -0.1) is 0 Å². The Balaban J connectivity index is 2.47. The Morgan fingerprint density at radius 2 is 1.88 bits per heavy atom. The minimum absolute atomic E-state index is 0.153. The topological polar surface area (TPSA) is 52.5 Å². The van der Waals surface area contributed by atoms with Gasteiger partial charge in [-0.3, -0.25) is 0 Å². The number of nitrogens with one attached hydrogen (secondary N) is 1. The lowest BCUT2D eigenvalue weighted by Crippen LogP contribution is -2.47. The predicted molar refractivity (Wildman–Crippen MR) is 66.3 cm³/mol. The van der Waals surface area contributed by atoms with Gasteiger partial charge in [-0.05, 0) is 24.2 Å². The molecule has 0 amide bonds. The molecule has 1 saturated carbocycles. The van der Waals surface area contributed by atoms with E-state index >= 15 is 0 Å². The Kier molecular flexibility index (Phi) is 5.22. The van der Waals surface area contributed by atoms with E-state index in [0.717, 1.165) is 0 Å². The highest BCUT2D eigenvalue weighted by atomic mass is 16.3. The van der Waals surface area contributed by atoms with Gasteiger partial charge in [0.25, 0.3) is 0 Å². The van der Waals surface area contributed by atoms with Crippen LogP contribution in [0.15, 0.2) is 0 Å². The zero-order valence-corrected chi connectivity index (χ0v) is 10.9. The highest BCUT2D eigenvalue weighted by molar-refractivity contribution is 4.88. The molecule has 0 aliphatic heterocycles. The van der Waals surface area contributed by atoms with Crippen molar-refractivity contribution in [3.63, 3.8) is 0 Å². The largest absolute Gasteiger partial charge is 0.394 e. The first-order valence-corrected chi connectivity index (χ1v) is 6.47. The van der Waals surface area contributed by atoms with Crippen LogP contribution in [-0.4, -0.2) is 35.5 Å². The SMILES string of the molecule is CC(C)(C)C1CCCCC1NCC(O)CO. The number of hydrogen-bond acceptors (Lipinski definition) is 3. The molecule has 1 aliphatic rings. The van der Waals surface area contributed by atoms with Gasteiger partial charge in [-0.25, -0.2) is 0 Å². The molecule has 0 bridgehead atoms. The highest BCUT2D eigenvalue weighted by Crippen LogP contribution is 2.37. The molecule has 0 aromatic heterocycles. The van der Waals surface area contributed by atoms with Crippen LogP contribution >= 0.6 is 0 Å². The molecule has 0 saturated heterocycles. The molecule has 96 valence electrons. The van der Waals surface area contributed by atoms with E-state index in [0.29, 0.717) is 23.9 Å². The molecule has 0 heterocycles.